The lowest BCUT2D eigenvalue weighted by Crippen LogP contribution is -2.21. The summed E-state index contributed by atoms with van der Waals surface area (Å²) in [7, 11) is 2.10. The molecule has 0 N–H and O–H groups in total. The van der Waals surface area contributed by atoms with Crippen LogP contribution < -0.4 is 21.1 Å². The van der Waals surface area contributed by atoms with Crippen molar-refractivity contribution in [1.29, 1.82) is 0 Å². The molecule has 6 aromatic carbocycles. The van der Waals surface area contributed by atoms with Crippen LogP contribution in [0.1, 0.15) is 27.7 Å². The van der Waals surface area contributed by atoms with Crippen LogP contribution in [0, 0.1) is 0 Å². The predicted octanol–water partition coefficient (Wildman–Crippen LogP) is 11.9. The average molecular weight is 764 g/mol. The van der Waals surface area contributed by atoms with Gasteiger partial charge in [-0.05, 0) is 128 Å². The maximum atomic E-state index is 13.4. The number of aromatic nitrogens is 1. The molecule has 7 heteroatoms. The molecule has 0 saturated heterocycles. The van der Waals surface area contributed by atoms with E-state index in [9.17, 15) is 9.59 Å². The fraction of sp³-hybridized carbons (Fsp3) is 0.176. The first-order chi connectivity index (χ1) is 28.3. The zero-order valence-electron chi connectivity index (χ0n) is 33.5. The summed E-state index contributed by atoms with van der Waals surface area (Å²) in [6, 6.07) is 45.4. The van der Waals surface area contributed by atoms with Crippen LogP contribution >= 0.6 is 0 Å². The molecule has 0 bridgehead atoms. The van der Waals surface area contributed by atoms with E-state index in [0.29, 0.717) is 22.3 Å². The molecule has 0 unspecified atom stereocenters. The molecule has 9 aromatic rings. The number of rotatable bonds is 10. The van der Waals surface area contributed by atoms with Crippen molar-refractivity contribution in [2.45, 2.75) is 27.7 Å². The maximum Gasteiger partial charge on any atom is 0.344 e. The molecule has 0 aliphatic carbocycles. The summed E-state index contributed by atoms with van der Waals surface area (Å²) in [6.07, 6.45) is 0. The summed E-state index contributed by atoms with van der Waals surface area (Å²) in [5.41, 5.74) is 11.8. The standard InChI is InChI=1S/C51H45N3O4/c1-6-53(7-2)40-21-17-38-28-42(50(55)57-48(38)30-40)33-15-13-32(14-16-33)35-19-23-46-44(26-35)45-27-36(20-24-47(45)52(46)5)34-11-10-12-37(25-34)43-29-39-18-22-41(54(8-3)9-4)31-49(39)58-51(43)56/h10-31H,6-9H2,1-5H3. The Hall–Kier alpha value is -6.86. The Labute approximate surface area is 337 Å². The van der Waals surface area contributed by atoms with Crippen LogP contribution in [0.5, 0.6) is 0 Å². The van der Waals surface area contributed by atoms with Crippen LogP contribution in [0.4, 0.5) is 11.4 Å². The van der Waals surface area contributed by atoms with Crippen molar-refractivity contribution in [3.8, 4) is 44.5 Å². The zero-order valence-corrected chi connectivity index (χ0v) is 33.5. The number of hydrogen-bond donors (Lipinski definition) is 0. The molecule has 0 radical (unpaired) electrons. The van der Waals surface area contributed by atoms with Gasteiger partial charge in [-0.25, -0.2) is 9.59 Å². The van der Waals surface area contributed by atoms with Gasteiger partial charge in [-0.15, -0.1) is 0 Å². The highest BCUT2D eigenvalue weighted by Gasteiger charge is 2.15. The van der Waals surface area contributed by atoms with Crippen LogP contribution in [0.3, 0.4) is 0 Å². The summed E-state index contributed by atoms with van der Waals surface area (Å²) >= 11 is 0. The molecule has 3 aromatic heterocycles. The van der Waals surface area contributed by atoms with Gasteiger partial charge in [-0.1, -0.05) is 54.6 Å². The molecule has 7 nitrogen and oxygen atoms in total. The minimum absolute atomic E-state index is 0.347. The average Bonchev–Trinajstić information content (AvgIpc) is 3.54. The highest BCUT2D eigenvalue weighted by Crippen LogP contribution is 2.36. The third kappa shape index (κ3) is 6.42. The second-order valence-electron chi connectivity index (χ2n) is 14.9. The Morgan fingerprint density at radius 3 is 1.40 bits per heavy atom. The smallest absolute Gasteiger partial charge is 0.344 e. The number of fused-ring (bicyclic) bond motifs is 5. The quantitative estimate of drug-likeness (QED) is 0.129. The number of anilines is 2. The summed E-state index contributed by atoms with van der Waals surface area (Å²) < 4.78 is 14.0. The van der Waals surface area contributed by atoms with Gasteiger partial charge in [0.1, 0.15) is 11.2 Å². The van der Waals surface area contributed by atoms with Crippen molar-refractivity contribution in [2.24, 2.45) is 7.05 Å². The molecule has 3 heterocycles. The van der Waals surface area contributed by atoms with Gasteiger partial charge in [-0.2, -0.15) is 0 Å². The molecule has 0 saturated carbocycles. The summed E-state index contributed by atoms with van der Waals surface area (Å²) in [5.74, 6) is 0. The van der Waals surface area contributed by atoms with Crippen molar-refractivity contribution >= 4 is 55.1 Å². The number of aryl methyl sites for hydroxylation is 1. The third-order valence-corrected chi connectivity index (χ3v) is 11.7. The van der Waals surface area contributed by atoms with Crippen LogP contribution in [-0.2, 0) is 7.05 Å². The minimum Gasteiger partial charge on any atom is -0.422 e. The lowest BCUT2D eigenvalue weighted by Gasteiger charge is -2.21. The topological polar surface area (TPSA) is 71.8 Å². The number of hydrogen-bond acceptors (Lipinski definition) is 6. The lowest BCUT2D eigenvalue weighted by atomic mass is 9.97. The minimum atomic E-state index is -0.350. The first-order valence-electron chi connectivity index (χ1n) is 20.2. The number of nitrogens with zero attached hydrogens (tertiary/aromatic N) is 3. The van der Waals surface area contributed by atoms with Crippen LogP contribution in [0.25, 0.3) is 88.3 Å². The molecule has 0 fully saturated rings. The van der Waals surface area contributed by atoms with Gasteiger partial charge >= 0.3 is 11.3 Å². The molecule has 9 rings (SSSR count). The Morgan fingerprint density at radius 2 is 0.879 bits per heavy atom. The van der Waals surface area contributed by atoms with Gasteiger partial charge in [0.15, 0.2) is 0 Å². The monoisotopic (exact) mass is 763 g/mol. The van der Waals surface area contributed by atoms with E-state index in [2.05, 4.69) is 122 Å². The molecular weight excluding hydrogens is 719 g/mol. The Morgan fingerprint density at radius 1 is 0.448 bits per heavy atom. The van der Waals surface area contributed by atoms with Crippen molar-refractivity contribution in [3.63, 3.8) is 0 Å². The normalized spacial score (nSPS) is 11.6. The van der Waals surface area contributed by atoms with Gasteiger partial charge < -0.3 is 23.2 Å². The highest BCUT2D eigenvalue weighted by molar-refractivity contribution is 6.10. The van der Waals surface area contributed by atoms with Gasteiger partial charge in [-0.3, -0.25) is 0 Å². The van der Waals surface area contributed by atoms with Gasteiger partial charge in [0.25, 0.3) is 0 Å². The van der Waals surface area contributed by atoms with Crippen molar-refractivity contribution < 1.29 is 8.83 Å². The van der Waals surface area contributed by atoms with E-state index in [4.69, 9.17) is 8.83 Å². The first-order valence-corrected chi connectivity index (χ1v) is 20.2. The first kappa shape index (κ1) is 36.8. The van der Waals surface area contributed by atoms with Crippen molar-refractivity contribution in [3.05, 3.63) is 154 Å². The Kier molecular flexibility index (Phi) is 9.44. The van der Waals surface area contributed by atoms with E-state index >= 15 is 0 Å². The predicted molar refractivity (Wildman–Crippen MR) is 241 cm³/mol. The molecular formula is C51H45N3O4. The van der Waals surface area contributed by atoms with Crippen LogP contribution in [-0.4, -0.2) is 30.7 Å². The molecule has 58 heavy (non-hydrogen) atoms. The fourth-order valence-corrected chi connectivity index (χ4v) is 8.46. The van der Waals surface area contributed by atoms with Crippen molar-refractivity contribution in [1.82, 2.24) is 4.57 Å². The van der Waals surface area contributed by atoms with Crippen LogP contribution in [0.15, 0.2) is 152 Å². The molecule has 288 valence electrons. The van der Waals surface area contributed by atoms with E-state index in [1.54, 1.807) is 0 Å². The summed E-state index contributed by atoms with van der Waals surface area (Å²) in [6.45, 7) is 12.0. The maximum absolute atomic E-state index is 13.4. The molecule has 0 aliphatic rings. The molecule has 0 atom stereocenters. The SMILES string of the molecule is CCN(CC)c1ccc2cc(-c3ccc(-c4ccc5c(c4)c4cc(-c6cccc(-c7cc8ccc(N(CC)CC)cc8oc7=O)c6)ccc4n5C)cc3)c(=O)oc2c1. The van der Waals surface area contributed by atoms with Gasteiger partial charge in [0.05, 0.1) is 11.1 Å². The second-order valence-corrected chi connectivity index (χ2v) is 14.9. The fourth-order valence-electron chi connectivity index (χ4n) is 8.46. The summed E-state index contributed by atoms with van der Waals surface area (Å²) in [5, 5.41) is 4.08. The van der Waals surface area contributed by atoms with E-state index in [1.807, 2.05) is 60.7 Å². The molecule has 0 spiro atoms. The lowest BCUT2D eigenvalue weighted by molar-refractivity contribution is 0.563. The summed E-state index contributed by atoms with van der Waals surface area (Å²) in [4.78, 5) is 31.0. The van der Waals surface area contributed by atoms with Gasteiger partial charge in [0.2, 0.25) is 0 Å². The Balaban J connectivity index is 1.03. The second kappa shape index (κ2) is 14.9. The zero-order chi connectivity index (χ0) is 40.1. The van der Waals surface area contributed by atoms with E-state index in [0.717, 1.165) is 104 Å². The molecule has 0 amide bonds. The third-order valence-electron chi connectivity index (χ3n) is 11.7. The molecule has 0 aliphatic heterocycles. The number of benzene rings is 6. The van der Waals surface area contributed by atoms with E-state index < -0.39 is 0 Å². The van der Waals surface area contributed by atoms with Crippen LogP contribution in [0.2, 0.25) is 0 Å². The van der Waals surface area contributed by atoms with Gasteiger partial charge in [0, 0.05) is 89.3 Å². The Bertz CT molecular complexity index is 3130. The largest absolute Gasteiger partial charge is 0.422 e. The van der Waals surface area contributed by atoms with E-state index in [1.165, 1.54) is 0 Å². The van der Waals surface area contributed by atoms with E-state index in [-0.39, 0.29) is 11.3 Å². The highest BCUT2D eigenvalue weighted by atomic mass is 16.4. The van der Waals surface area contributed by atoms with Crippen molar-refractivity contribution in [2.75, 3.05) is 36.0 Å².